The van der Waals surface area contributed by atoms with Crippen molar-refractivity contribution in [2.45, 2.75) is 0 Å². The summed E-state index contributed by atoms with van der Waals surface area (Å²) >= 11 is 0. The van der Waals surface area contributed by atoms with Gasteiger partial charge in [0.15, 0.2) is 0 Å². The van der Waals surface area contributed by atoms with Crippen LogP contribution in [0.3, 0.4) is 0 Å². The first-order valence-electron chi connectivity index (χ1n) is 6.93. The lowest BCUT2D eigenvalue weighted by Gasteiger charge is -2.07. The molecule has 0 amide bonds. The molecule has 0 fully saturated rings. The molecule has 4 nitrogen and oxygen atoms in total. The summed E-state index contributed by atoms with van der Waals surface area (Å²) in [6.45, 7) is 0. The highest BCUT2D eigenvalue weighted by Crippen LogP contribution is 2.32. The Balaban J connectivity index is 1.91. The lowest BCUT2D eigenvalue weighted by Crippen LogP contribution is -1.91. The zero-order valence-electron chi connectivity index (χ0n) is 11.9. The molecule has 5 heteroatoms. The van der Waals surface area contributed by atoms with Gasteiger partial charge in [0.05, 0.1) is 29.4 Å². The van der Waals surface area contributed by atoms with Crippen LogP contribution in [0.4, 0.5) is 4.39 Å². The molecule has 4 rings (SSSR count). The van der Waals surface area contributed by atoms with Crippen molar-refractivity contribution in [3.8, 4) is 22.5 Å². The Kier molecular flexibility index (Phi) is 2.79. The third kappa shape index (κ3) is 1.98. The van der Waals surface area contributed by atoms with Crippen molar-refractivity contribution in [1.82, 2.24) is 19.7 Å². The molecule has 4 aromatic rings. The molecule has 2 aromatic heterocycles. The Hall–Kier alpha value is -2.95. The zero-order chi connectivity index (χ0) is 15.1. The summed E-state index contributed by atoms with van der Waals surface area (Å²) in [7, 11) is 1.95. The molecule has 0 saturated carbocycles. The number of aromatic nitrogens is 4. The number of rotatable bonds is 2. The van der Waals surface area contributed by atoms with Crippen LogP contribution in [-0.4, -0.2) is 19.7 Å². The van der Waals surface area contributed by atoms with Crippen LogP contribution in [0.5, 0.6) is 0 Å². The average molecular weight is 292 g/mol. The second-order valence-corrected chi connectivity index (χ2v) is 5.23. The van der Waals surface area contributed by atoms with E-state index in [1.165, 1.54) is 12.1 Å². The van der Waals surface area contributed by atoms with E-state index >= 15 is 0 Å². The fourth-order valence-corrected chi connectivity index (χ4v) is 2.68. The van der Waals surface area contributed by atoms with Gasteiger partial charge in [-0.05, 0) is 36.4 Å². The summed E-state index contributed by atoms with van der Waals surface area (Å²) in [6.07, 6.45) is 3.57. The van der Waals surface area contributed by atoms with Gasteiger partial charge in [-0.2, -0.15) is 5.10 Å². The molecular weight excluding hydrogens is 279 g/mol. The Labute approximate surface area is 126 Å². The van der Waals surface area contributed by atoms with E-state index < -0.39 is 0 Å². The number of aryl methyl sites for hydroxylation is 1. The zero-order valence-corrected chi connectivity index (χ0v) is 11.9. The minimum atomic E-state index is -0.249. The van der Waals surface area contributed by atoms with Crippen LogP contribution < -0.4 is 0 Å². The predicted molar refractivity (Wildman–Crippen MR) is 83.7 cm³/mol. The van der Waals surface area contributed by atoms with Gasteiger partial charge in [-0.1, -0.05) is 6.07 Å². The maximum atomic E-state index is 13.1. The van der Waals surface area contributed by atoms with E-state index in [1.54, 1.807) is 24.7 Å². The molecule has 2 aromatic carbocycles. The first-order valence-corrected chi connectivity index (χ1v) is 6.93. The number of nitrogens with zero attached hydrogens (tertiary/aromatic N) is 3. The van der Waals surface area contributed by atoms with Crippen LogP contribution in [0.1, 0.15) is 0 Å². The van der Waals surface area contributed by atoms with E-state index in [2.05, 4.69) is 21.2 Å². The van der Waals surface area contributed by atoms with E-state index in [0.717, 1.165) is 33.4 Å². The van der Waals surface area contributed by atoms with E-state index in [0.29, 0.717) is 0 Å². The Morgan fingerprint density at radius 1 is 1.05 bits per heavy atom. The molecule has 0 saturated heterocycles. The normalized spacial score (nSPS) is 11.2. The molecule has 0 aliphatic rings. The van der Waals surface area contributed by atoms with Gasteiger partial charge in [0.1, 0.15) is 5.82 Å². The number of benzene rings is 2. The van der Waals surface area contributed by atoms with Crippen LogP contribution >= 0.6 is 0 Å². The third-order valence-electron chi connectivity index (χ3n) is 3.77. The number of hydrogen-bond acceptors (Lipinski definition) is 2. The van der Waals surface area contributed by atoms with Crippen LogP contribution in [0, 0.1) is 5.82 Å². The summed E-state index contributed by atoms with van der Waals surface area (Å²) < 4.78 is 15.1. The van der Waals surface area contributed by atoms with Crippen LogP contribution in [0.2, 0.25) is 0 Å². The van der Waals surface area contributed by atoms with E-state index in [4.69, 9.17) is 0 Å². The Morgan fingerprint density at radius 2 is 1.82 bits per heavy atom. The molecule has 0 atom stereocenters. The number of fused-ring (bicyclic) bond motifs is 1. The van der Waals surface area contributed by atoms with Crippen molar-refractivity contribution in [2.24, 2.45) is 7.05 Å². The van der Waals surface area contributed by atoms with Crippen molar-refractivity contribution in [3.05, 3.63) is 60.8 Å². The molecule has 0 unspecified atom stereocenters. The van der Waals surface area contributed by atoms with E-state index in [9.17, 15) is 4.39 Å². The van der Waals surface area contributed by atoms with Gasteiger partial charge in [0.25, 0.3) is 0 Å². The summed E-state index contributed by atoms with van der Waals surface area (Å²) in [5, 5.41) is 8.04. The second-order valence-electron chi connectivity index (χ2n) is 5.23. The maximum Gasteiger partial charge on any atom is 0.123 e. The van der Waals surface area contributed by atoms with Gasteiger partial charge in [-0.25, -0.2) is 9.37 Å². The smallest absolute Gasteiger partial charge is 0.123 e. The predicted octanol–water partition coefficient (Wildman–Crippen LogP) is 3.77. The van der Waals surface area contributed by atoms with Crippen LogP contribution in [0.25, 0.3) is 33.4 Å². The number of H-pyrrole nitrogens is 1. The first-order chi connectivity index (χ1) is 10.7. The first kappa shape index (κ1) is 12.8. The molecule has 22 heavy (non-hydrogen) atoms. The minimum absolute atomic E-state index is 0.249. The second kappa shape index (κ2) is 4.80. The van der Waals surface area contributed by atoms with Crippen molar-refractivity contribution in [1.29, 1.82) is 0 Å². The molecule has 1 N–H and O–H groups in total. The summed E-state index contributed by atoms with van der Waals surface area (Å²) in [5.41, 5.74) is 4.77. The molecule has 0 radical (unpaired) electrons. The number of halogens is 1. The van der Waals surface area contributed by atoms with Crippen LogP contribution in [0.15, 0.2) is 55.0 Å². The minimum Gasteiger partial charge on any atom is -0.333 e. The van der Waals surface area contributed by atoms with Gasteiger partial charge < -0.3 is 4.57 Å². The fourth-order valence-electron chi connectivity index (χ4n) is 2.68. The average Bonchev–Trinajstić information content (AvgIpc) is 3.13. The molecule has 2 heterocycles. The lowest BCUT2D eigenvalue weighted by molar-refractivity contribution is 0.628. The summed E-state index contributed by atoms with van der Waals surface area (Å²) in [4.78, 5) is 4.48. The summed E-state index contributed by atoms with van der Waals surface area (Å²) in [6, 6.07) is 12.5. The van der Waals surface area contributed by atoms with Gasteiger partial charge in [0.2, 0.25) is 0 Å². The maximum absolute atomic E-state index is 13.1. The fraction of sp³-hybridized carbons (Fsp3) is 0.0588. The van der Waals surface area contributed by atoms with Gasteiger partial charge >= 0.3 is 0 Å². The molecule has 0 spiro atoms. The van der Waals surface area contributed by atoms with E-state index in [-0.39, 0.29) is 5.82 Å². The van der Waals surface area contributed by atoms with Gasteiger partial charge in [0, 0.05) is 23.6 Å². The highest BCUT2D eigenvalue weighted by molar-refractivity contribution is 5.87. The van der Waals surface area contributed by atoms with Crippen molar-refractivity contribution >= 4 is 10.9 Å². The SMILES string of the molecule is Cn1cnc(-c2ccc(F)cc2)c1-c1ccc2[nH]ncc2c1. The van der Waals surface area contributed by atoms with Crippen molar-refractivity contribution < 1.29 is 4.39 Å². The molecule has 0 bridgehead atoms. The van der Waals surface area contributed by atoms with Crippen LogP contribution in [-0.2, 0) is 7.05 Å². The van der Waals surface area contributed by atoms with Crippen molar-refractivity contribution in [3.63, 3.8) is 0 Å². The Morgan fingerprint density at radius 3 is 2.64 bits per heavy atom. The quantitative estimate of drug-likeness (QED) is 0.611. The highest BCUT2D eigenvalue weighted by Gasteiger charge is 2.14. The standard InChI is InChI=1S/C17H13FN4/c1-22-10-19-16(11-2-5-14(18)6-3-11)17(22)12-4-7-15-13(8-12)9-20-21-15/h2-10H,1H3,(H,20,21). The molecular formula is C17H13FN4. The van der Waals surface area contributed by atoms with E-state index in [1.807, 2.05) is 23.7 Å². The number of nitrogens with one attached hydrogen (secondary N) is 1. The molecule has 108 valence electrons. The monoisotopic (exact) mass is 292 g/mol. The van der Waals surface area contributed by atoms with Crippen molar-refractivity contribution in [2.75, 3.05) is 0 Å². The van der Waals surface area contributed by atoms with Gasteiger partial charge in [-0.15, -0.1) is 0 Å². The highest BCUT2D eigenvalue weighted by atomic mass is 19.1. The number of aromatic amines is 1. The lowest BCUT2D eigenvalue weighted by atomic mass is 10.0. The number of imidazole rings is 1. The van der Waals surface area contributed by atoms with Gasteiger partial charge in [-0.3, -0.25) is 5.10 Å². The molecule has 0 aliphatic heterocycles. The number of hydrogen-bond donors (Lipinski definition) is 1. The molecule has 0 aliphatic carbocycles. The topological polar surface area (TPSA) is 46.5 Å². The summed E-state index contributed by atoms with van der Waals surface area (Å²) in [5.74, 6) is -0.249. The largest absolute Gasteiger partial charge is 0.333 e. The Bertz CT molecular complexity index is 950. The third-order valence-corrected chi connectivity index (χ3v) is 3.77.